The highest BCUT2D eigenvalue weighted by Gasteiger charge is 2.11. The van der Waals surface area contributed by atoms with E-state index in [0.717, 1.165) is 22.5 Å². The van der Waals surface area contributed by atoms with Crippen LogP contribution in [0.25, 0.3) is 64.6 Å². The van der Waals surface area contributed by atoms with Crippen LogP contribution in [0.1, 0.15) is 22.3 Å². The predicted molar refractivity (Wildman–Crippen MR) is 225 cm³/mol. The van der Waals surface area contributed by atoms with E-state index >= 15 is 0 Å². The van der Waals surface area contributed by atoms with Gasteiger partial charge in [0, 0.05) is 11.1 Å². The maximum absolute atomic E-state index is 8.87. The molecule has 0 aliphatic carbocycles. The van der Waals surface area contributed by atoms with E-state index < -0.39 is 0 Å². The molecule has 0 fully saturated rings. The molecule has 0 spiro atoms. The summed E-state index contributed by atoms with van der Waals surface area (Å²) >= 11 is 0. The minimum Gasteiger partial charge on any atom is -0.279 e. The third-order valence-corrected chi connectivity index (χ3v) is 9.95. The van der Waals surface area contributed by atoms with Crippen molar-refractivity contribution in [1.82, 2.24) is 0 Å². The van der Waals surface area contributed by atoms with Crippen molar-refractivity contribution < 1.29 is 0 Å². The van der Waals surface area contributed by atoms with Crippen molar-refractivity contribution in [3.8, 4) is 12.1 Å². The first-order valence-corrected chi connectivity index (χ1v) is 17.6. The van der Waals surface area contributed by atoms with Crippen molar-refractivity contribution in [2.45, 2.75) is 0 Å². The minimum absolute atomic E-state index is 0.635. The van der Waals surface area contributed by atoms with E-state index in [0.29, 0.717) is 11.1 Å². The predicted octanol–water partition coefficient (Wildman–Crippen LogP) is 11.8. The molecule has 0 bridgehead atoms. The first-order valence-electron chi connectivity index (χ1n) is 17.6. The van der Waals surface area contributed by atoms with E-state index in [1.54, 1.807) is 24.3 Å². The van der Waals surface area contributed by atoms with Crippen LogP contribution in [0, 0.1) is 22.7 Å². The lowest BCUT2D eigenvalue weighted by atomic mass is 9.92. The van der Waals surface area contributed by atoms with E-state index in [4.69, 9.17) is 10.5 Å². The number of benzene rings is 10. The number of nitrogens with one attached hydrogen (secondary N) is 2. The SMILES string of the molecule is N#Cc1ccc(N/N=C/c2ccc3ccc4cccc5ccc2c3c45)cc1.N#Cc1ccc(N/N=C/c2ccc3ccc4cccc5ccc2c3c45)cc1. The van der Waals surface area contributed by atoms with E-state index in [9.17, 15) is 0 Å². The van der Waals surface area contributed by atoms with E-state index in [2.05, 4.69) is 142 Å². The van der Waals surface area contributed by atoms with Gasteiger partial charge in [-0.25, -0.2) is 0 Å². The van der Waals surface area contributed by atoms with Gasteiger partial charge in [-0.05, 0) is 113 Å². The normalized spacial score (nSPS) is 11.5. The first kappa shape index (κ1) is 32.1. The number of nitrogens with zero attached hydrogens (tertiary/aromatic N) is 4. The molecule has 10 rings (SSSR count). The number of anilines is 2. The summed E-state index contributed by atoms with van der Waals surface area (Å²) in [6, 6.07) is 57.5. The Labute approximate surface area is 311 Å². The zero-order valence-electron chi connectivity index (χ0n) is 29.0. The molecule has 0 atom stereocenters. The van der Waals surface area contributed by atoms with Crippen LogP contribution in [0.3, 0.4) is 0 Å². The van der Waals surface area contributed by atoms with Gasteiger partial charge in [0.25, 0.3) is 0 Å². The van der Waals surface area contributed by atoms with Gasteiger partial charge in [0.15, 0.2) is 0 Å². The lowest BCUT2D eigenvalue weighted by molar-refractivity contribution is 1.35. The molecule has 0 aromatic heterocycles. The molecule has 2 N–H and O–H groups in total. The minimum atomic E-state index is 0.635. The third kappa shape index (κ3) is 5.90. The quantitative estimate of drug-likeness (QED) is 0.103. The molecule has 10 aromatic carbocycles. The van der Waals surface area contributed by atoms with Gasteiger partial charge in [0.05, 0.1) is 47.1 Å². The van der Waals surface area contributed by atoms with Crippen LogP contribution in [-0.2, 0) is 0 Å². The summed E-state index contributed by atoms with van der Waals surface area (Å²) in [6.45, 7) is 0. The maximum atomic E-state index is 8.87. The Balaban J connectivity index is 0.000000142. The van der Waals surface area contributed by atoms with Crippen LogP contribution in [0.4, 0.5) is 11.4 Å². The Hall–Kier alpha value is -7.80. The second kappa shape index (κ2) is 13.7. The molecular formula is C48H30N6. The van der Waals surface area contributed by atoms with Crippen LogP contribution >= 0.6 is 0 Å². The monoisotopic (exact) mass is 690 g/mol. The Kier molecular flexibility index (Phi) is 8.17. The molecule has 252 valence electrons. The molecule has 0 aliphatic heterocycles. The Bertz CT molecular complexity index is 2870. The van der Waals surface area contributed by atoms with E-state index in [1.165, 1.54) is 64.6 Å². The number of hydrogen-bond donors (Lipinski definition) is 2. The lowest BCUT2D eigenvalue weighted by Crippen LogP contribution is -1.93. The zero-order valence-corrected chi connectivity index (χ0v) is 29.0. The van der Waals surface area contributed by atoms with Crippen LogP contribution < -0.4 is 10.9 Å². The Morgan fingerprint density at radius 1 is 0.370 bits per heavy atom. The average molecular weight is 691 g/mol. The largest absolute Gasteiger partial charge is 0.279 e. The highest BCUT2D eigenvalue weighted by atomic mass is 15.3. The second-order valence-corrected chi connectivity index (χ2v) is 13.1. The van der Waals surface area contributed by atoms with Crippen LogP contribution in [0.5, 0.6) is 0 Å². The fourth-order valence-electron chi connectivity index (χ4n) is 7.33. The molecule has 0 amide bonds. The van der Waals surface area contributed by atoms with E-state index in [-0.39, 0.29) is 0 Å². The van der Waals surface area contributed by atoms with Gasteiger partial charge >= 0.3 is 0 Å². The lowest BCUT2D eigenvalue weighted by Gasteiger charge is -2.12. The van der Waals surface area contributed by atoms with Gasteiger partial charge in [-0.1, -0.05) is 109 Å². The molecule has 0 saturated heterocycles. The first-order chi connectivity index (χ1) is 26.7. The molecule has 6 nitrogen and oxygen atoms in total. The summed E-state index contributed by atoms with van der Waals surface area (Å²) in [7, 11) is 0. The van der Waals surface area contributed by atoms with Crippen molar-refractivity contribution in [2.75, 3.05) is 10.9 Å². The summed E-state index contributed by atoms with van der Waals surface area (Å²) in [5.41, 5.74) is 11.2. The topological polar surface area (TPSA) is 96.4 Å². The van der Waals surface area contributed by atoms with Crippen molar-refractivity contribution in [3.63, 3.8) is 0 Å². The summed E-state index contributed by atoms with van der Waals surface area (Å²) in [5, 5.41) is 41.6. The van der Waals surface area contributed by atoms with Gasteiger partial charge in [-0.3, -0.25) is 10.9 Å². The fourth-order valence-corrected chi connectivity index (χ4v) is 7.33. The third-order valence-electron chi connectivity index (χ3n) is 9.95. The molecule has 0 radical (unpaired) electrons. The molecule has 0 saturated carbocycles. The van der Waals surface area contributed by atoms with E-state index in [1.807, 2.05) is 36.7 Å². The summed E-state index contributed by atoms with van der Waals surface area (Å²) < 4.78 is 0. The van der Waals surface area contributed by atoms with Gasteiger partial charge < -0.3 is 0 Å². The van der Waals surface area contributed by atoms with Gasteiger partial charge in [0.2, 0.25) is 0 Å². The number of hydrazone groups is 2. The average Bonchev–Trinajstić information content (AvgIpc) is 3.23. The molecular weight excluding hydrogens is 661 g/mol. The van der Waals surface area contributed by atoms with Crippen molar-refractivity contribution in [3.05, 3.63) is 180 Å². The molecule has 0 unspecified atom stereocenters. The standard InChI is InChI=1S/2C24H15N3/c2*25-14-16-4-11-21(12-5-16)27-26-15-20-9-8-19-7-6-17-2-1-3-18-10-13-22(20)24(19)23(17)18/h2*1-13,15,27H/b2*26-15+. The van der Waals surface area contributed by atoms with Crippen molar-refractivity contribution in [2.24, 2.45) is 10.2 Å². The molecule has 54 heavy (non-hydrogen) atoms. The summed E-state index contributed by atoms with van der Waals surface area (Å²) in [4.78, 5) is 0. The van der Waals surface area contributed by atoms with Gasteiger partial charge in [-0.15, -0.1) is 0 Å². The highest BCUT2D eigenvalue weighted by molar-refractivity contribution is 6.26. The van der Waals surface area contributed by atoms with Crippen LogP contribution in [0.2, 0.25) is 0 Å². The summed E-state index contributed by atoms with van der Waals surface area (Å²) in [5.74, 6) is 0. The molecule has 10 aromatic rings. The number of hydrogen-bond acceptors (Lipinski definition) is 6. The number of nitriles is 2. The molecule has 6 heteroatoms. The van der Waals surface area contributed by atoms with Crippen molar-refractivity contribution in [1.29, 1.82) is 10.5 Å². The Morgan fingerprint density at radius 2 is 0.704 bits per heavy atom. The highest BCUT2D eigenvalue weighted by Crippen LogP contribution is 2.37. The second-order valence-electron chi connectivity index (χ2n) is 13.1. The number of rotatable bonds is 6. The fraction of sp³-hybridized carbons (Fsp3) is 0. The Morgan fingerprint density at radius 3 is 1.07 bits per heavy atom. The molecule has 0 heterocycles. The van der Waals surface area contributed by atoms with Crippen LogP contribution in [0.15, 0.2) is 168 Å². The van der Waals surface area contributed by atoms with Gasteiger partial charge in [-0.2, -0.15) is 20.7 Å². The van der Waals surface area contributed by atoms with Crippen LogP contribution in [-0.4, -0.2) is 12.4 Å². The van der Waals surface area contributed by atoms with Gasteiger partial charge in [0.1, 0.15) is 0 Å². The maximum Gasteiger partial charge on any atom is 0.0991 e. The smallest absolute Gasteiger partial charge is 0.0991 e. The summed E-state index contributed by atoms with van der Waals surface area (Å²) in [6.07, 6.45) is 3.70. The zero-order chi connectivity index (χ0) is 36.4. The molecule has 0 aliphatic rings. The van der Waals surface area contributed by atoms with Crippen molar-refractivity contribution >= 4 is 88.4 Å².